The minimum absolute atomic E-state index is 0.137. The van der Waals surface area contributed by atoms with Crippen LogP contribution in [0.3, 0.4) is 0 Å². The summed E-state index contributed by atoms with van der Waals surface area (Å²) in [7, 11) is 1.81. The number of nitrogens with one attached hydrogen (secondary N) is 1. The Kier molecular flexibility index (Phi) is 3.46. The lowest BCUT2D eigenvalue weighted by Gasteiger charge is -2.17. The summed E-state index contributed by atoms with van der Waals surface area (Å²) in [5, 5.41) is 3.05. The Morgan fingerprint density at radius 2 is 2.22 bits per heavy atom. The van der Waals surface area contributed by atoms with Gasteiger partial charge in [-0.25, -0.2) is 4.79 Å². The molecule has 0 saturated carbocycles. The zero-order valence-electron chi connectivity index (χ0n) is 10.4. The molecule has 2 rings (SSSR count). The predicted octanol–water partition coefficient (Wildman–Crippen LogP) is 1.80. The number of anilines is 1. The topological polar surface area (TPSA) is 55.4 Å². The highest BCUT2D eigenvalue weighted by Crippen LogP contribution is 2.28. The van der Waals surface area contributed by atoms with E-state index in [-0.39, 0.29) is 24.4 Å². The average Bonchev–Trinajstić information content (AvgIpc) is 2.37. The monoisotopic (exact) mass is 245 g/mol. The van der Waals surface area contributed by atoms with E-state index in [0.29, 0.717) is 0 Å². The molecular weight excluding hydrogens is 230 g/mol. The molecule has 18 heavy (non-hydrogen) atoms. The Bertz CT molecular complexity index is 532. The lowest BCUT2D eigenvalue weighted by Crippen LogP contribution is -2.21. The van der Waals surface area contributed by atoms with E-state index in [0.717, 1.165) is 16.8 Å². The van der Waals surface area contributed by atoms with E-state index in [4.69, 9.17) is 4.74 Å². The summed E-state index contributed by atoms with van der Waals surface area (Å²) in [4.78, 5) is 23.6. The number of ether oxygens (including phenoxy) is 1. The number of ketones is 1. The standard InChI is InChI=1S/C14H15NO3/c1-3-18-14(17)11-7-9-5-4-6-12(15-2)10(9)8-13(11)16/h4-7,15H,3,8H2,1-2H3. The maximum absolute atomic E-state index is 11.9. The molecule has 0 radical (unpaired) electrons. The number of hydrogen-bond donors (Lipinski definition) is 1. The van der Waals surface area contributed by atoms with Gasteiger partial charge in [-0.05, 0) is 30.2 Å². The Balaban J connectivity index is 2.44. The van der Waals surface area contributed by atoms with Gasteiger partial charge in [-0.2, -0.15) is 0 Å². The van der Waals surface area contributed by atoms with Crippen LogP contribution in [0.15, 0.2) is 23.8 Å². The maximum atomic E-state index is 11.9. The van der Waals surface area contributed by atoms with Crippen molar-refractivity contribution >= 4 is 23.5 Å². The lowest BCUT2D eigenvalue weighted by molar-refractivity contribution is -0.139. The zero-order valence-corrected chi connectivity index (χ0v) is 10.4. The zero-order chi connectivity index (χ0) is 13.1. The molecule has 0 spiro atoms. The molecule has 0 fully saturated rings. The van der Waals surface area contributed by atoms with Crippen molar-refractivity contribution < 1.29 is 14.3 Å². The van der Waals surface area contributed by atoms with Crippen LogP contribution in [0.2, 0.25) is 0 Å². The molecular formula is C14H15NO3. The largest absolute Gasteiger partial charge is 0.462 e. The molecule has 1 aromatic rings. The van der Waals surface area contributed by atoms with Crippen molar-refractivity contribution in [3.8, 4) is 0 Å². The second kappa shape index (κ2) is 5.04. The summed E-state index contributed by atoms with van der Waals surface area (Å²) in [6.07, 6.45) is 1.84. The van der Waals surface area contributed by atoms with Gasteiger partial charge in [-0.15, -0.1) is 0 Å². The molecule has 1 aliphatic rings. The second-order valence-corrected chi connectivity index (χ2v) is 4.00. The van der Waals surface area contributed by atoms with E-state index >= 15 is 0 Å². The summed E-state index contributed by atoms with van der Waals surface area (Å²) in [6, 6.07) is 5.69. The van der Waals surface area contributed by atoms with Gasteiger partial charge in [0.2, 0.25) is 0 Å². The van der Waals surface area contributed by atoms with Crippen molar-refractivity contribution in [1.29, 1.82) is 0 Å². The second-order valence-electron chi connectivity index (χ2n) is 4.00. The van der Waals surface area contributed by atoms with Crippen LogP contribution in [-0.2, 0) is 20.7 Å². The normalized spacial score (nSPS) is 13.7. The van der Waals surface area contributed by atoms with Crippen LogP contribution in [0.5, 0.6) is 0 Å². The number of benzene rings is 1. The molecule has 0 saturated heterocycles. The van der Waals surface area contributed by atoms with Crippen molar-refractivity contribution in [2.75, 3.05) is 19.0 Å². The molecule has 1 aromatic carbocycles. The number of esters is 1. The van der Waals surface area contributed by atoms with Crippen LogP contribution in [0.4, 0.5) is 5.69 Å². The van der Waals surface area contributed by atoms with E-state index in [2.05, 4.69) is 5.32 Å². The molecule has 4 heteroatoms. The highest BCUT2D eigenvalue weighted by atomic mass is 16.5. The molecule has 94 valence electrons. The summed E-state index contributed by atoms with van der Waals surface area (Å²) in [5.74, 6) is -0.730. The first-order chi connectivity index (χ1) is 8.67. The van der Waals surface area contributed by atoms with Gasteiger partial charge in [0.25, 0.3) is 0 Å². The van der Waals surface area contributed by atoms with Crippen molar-refractivity contribution in [3.05, 3.63) is 34.9 Å². The number of carbonyl (C=O) groups is 2. The SMILES string of the molecule is CCOC(=O)C1=Cc2cccc(NC)c2CC1=O. The van der Waals surface area contributed by atoms with Gasteiger partial charge in [0.1, 0.15) is 5.57 Å². The van der Waals surface area contributed by atoms with Gasteiger partial charge in [-0.1, -0.05) is 12.1 Å². The van der Waals surface area contributed by atoms with Crippen LogP contribution in [0.1, 0.15) is 18.1 Å². The Labute approximate surface area is 106 Å². The Morgan fingerprint density at radius 1 is 1.44 bits per heavy atom. The smallest absolute Gasteiger partial charge is 0.341 e. The van der Waals surface area contributed by atoms with Crippen LogP contribution < -0.4 is 5.32 Å². The third kappa shape index (κ3) is 2.14. The maximum Gasteiger partial charge on any atom is 0.341 e. The van der Waals surface area contributed by atoms with Gasteiger partial charge in [0.05, 0.1) is 6.61 Å². The van der Waals surface area contributed by atoms with Crippen molar-refractivity contribution in [2.24, 2.45) is 0 Å². The quantitative estimate of drug-likeness (QED) is 0.651. The van der Waals surface area contributed by atoms with E-state index in [1.54, 1.807) is 13.0 Å². The summed E-state index contributed by atoms with van der Waals surface area (Å²) < 4.78 is 4.88. The van der Waals surface area contributed by atoms with Gasteiger partial charge in [-0.3, -0.25) is 4.79 Å². The van der Waals surface area contributed by atoms with Crippen LogP contribution in [-0.4, -0.2) is 25.4 Å². The lowest BCUT2D eigenvalue weighted by atomic mass is 9.90. The first kappa shape index (κ1) is 12.4. The molecule has 0 aromatic heterocycles. The van der Waals surface area contributed by atoms with Crippen LogP contribution >= 0.6 is 0 Å². The molecule has 0 bridgehead atoms. The molecule has 1 N–H and O–H groups in total. The van der Waals surface area contributed by atoms with Gasteiger partial charge < -0.3 is 10.1 Å². The minimum Gasteiger partial charge on any atom is -0.462 e. The number of rotatable bonds is 3. The highest BCUT2D eigenvalue weighted by molar-refractivity contribution is 6.23. The number of carbonyl (C=O) groups excluding carboxylic acids is 2. The number of Topliss-reactive ketones (excluding diaryl/α,β-unsaturated/α-hetero) is 1. The molecule has 0 aliphatic heterocycles. The predicted molar refractivity (Wildman–Crippen MR) is 69.3 cm³/mol. The summed E-state index contributed by atoms with van der Waals surface area (Å²) in [5.41, 5.74) is 2.88. The fourth-order valence-electron chi connectivity index (χ4n) is 2.04. The fourth-order valence-corrected chi connectivity index (χ4v) is 2.04. The van der Waals surface area contributed by atoms with E-state index < -0.39 is 5.97 Å². The van der Waals surface area contributed by atoms with E-state index in [1.165, 1.54) is 0 Å². The van der Waals surface area contributed by atoms with Gasteiger partial charge in [0.15, 0.2) is 5.78 Å². The Hall–Kier alpha value is -2.10. The molecule has 0 heterocycles. The molecule has 0 atom stereocenters. The molecule has 0 unspecified atom stereocenters. The summed E-state index contributed by atoms with van der Waals surface area (Å²) >= 11 is 0. The average molecular weight is 245 g/mol. The van der Waals surface area contributed by atoms with Crippen LogP contribution in [0.25, 0.3) is 6.08 Å². The van der Waals surface area contributed by atoms with Crippen LogP contribution in [0, 0.1) is 0 Å². The highest BCUT2D eigenvalue weighted by Gasteiger charge is 2.26. The van der Waals surface area contributed by atoms with Gasteiger partial charge in [0, 0.05) is 19.2 Å². The summed E-state index contributed by atoms with van der Waals surface area (Å²) in [6.45, 7) is 1.99. The first-order valence-electron chi connectivity index (χ1n) is 5.89. The first-order valence-corrected chi connectivity index (χ1v) is 5.89. The molecule has 1 aliphatic carbocycles. The Morgan fingerprint density at radius 3 is 2.89 bits per heavy atom. The van der Waals surface area contributed by atoms with Crippen molar-refractivity contribution in [3.63, 3.8) is 0 Å². The van der Waals surface area contributed by atoms with Crippen molar-refractivity contribution in [1.82, 2.24) is 0 Å². The number of fused-ring (bicyclic) bond motifs is 1. The number of hydrogen-bond acceptors (Lipinski definition) is 4. The molecule has 4 nitrogen and oxygen atoms in total. The van der Waals surface area contributed by atoms with Gasteiger partial charge >= 0.3 is 5.97 Å². The van der Waals surface area contributed by atoms with E-state index in [9.17, 15) is 9.59 Å². The third-order valence-corrected chi connectivity index (χ3v) is 2.91. The minimum atomic E-state index is -0.539. The molecule has 0 amide bonds. The third-order valence-electron chi connectivity index (χ3n) is 2.91. The fraction of sp³-hybridized carbons (Fsp3) is 0.286. The van der Waals surface area contributed by atoms with E-state index in [1.807, 2.05) is 25.2 Å². The van der Waals surface area contributed by atoms with Crippen molar-refractivity contribution in [2.45, 2.75) is 13.3 Å².